The smallest absolute Gasteiger partial charge is 0.309 e. The zero-order chi connectivity index (χ0) is 38.8. The number of rotatable bonds is 5. The van der Waals surface area contributed by atoms with Gasteiger partial charge in [0.05, 0.1) is 44.6 Å². The number of fused-ring (bicyclic) bond motifs is 6. The first kappa shape index (κ1) is 34.2. The zero-order valence-electron chi connectivity index (χ0n) is 30.7. The van der Waals surface area contributed by atoms with Gasteiger partial charge in [-0.3, -0.25) is 0 Å². The van der Waals surface area contributed by atoms with E-state index in [1.807, 2.05) is 106 Å². The van der Waals surface area contributed by atoms with Crippen molar-refractivity contribution in [2.75, 3.05) is 0 Å². The average Bonchev–Trinajstić information content (AvgIpc) is 3.75. The predicted octanol–water partition coefficient (Wildman–Crippen LogP) is 14.1. The standard InChI is InChI=1S/C51H32F3N3/c1-32-13-12-20-43(51(52,53)54)50(32)42-30-48(56-44-21-10-8-18-38(44)40-27-35(23-25-46(40)56)33-14-4-2-5-15-33)37(31-55)29-49(42)57-45-22-11-9-19-39(45)41-28-36(24-26-47(41)57)34-16-6-3-7-17-34/h2-30H,1H3. The van der Waals surface area contributed by atoms with Crippen molar-refractivity contribution in [3.63, 3.8) is 0 Å². The number of hydrogen-bond acceptors (Lipinski definition) is 1. The minimum absolute atomic E-state index is 0.0738. The van der Waals surface area contributed by atoms with Crippen molar-refractivity contribution in [2.24, 2.45) is 0 Å². The molecule has 10 rings (SSSR count). The zero-order valence-corrected chi connectivity index (χ0v) is 30.7. The lowest BCUT2D eigenvalue weighted by Crippen LogP contribution is -2.10. The molecule has 8 aromatic carbocycles. The van der Waals surface area contributed by atoms with Gasteiger partial charge in [-0.2, -0.15) is 18.4 Å². The van der Waals surface area contributed by atoms with Crippen molar-refractivity contribution in [2.45, 2.75) is 13.1 Å². The van der Waals surface area contributed by atoms with Crippen molar-refractivity contribution >= 4 is 43.6 Å². The number of hydrogen-bond donors (Lipinski definition) is 0. The van der Waals surface area contributed by atoms with Crippen LogP contribution >= 0.6 is 0 Å². The summed E-state index contributed by atoms with van der Waals surface area (Å²) in [7, 11) is 0. The van der Waals surface area contributed by atoms with Crippen molar-refractivity contribution in [3.05, 3.63) is 193 Å². The molecule has 57 heavy (non-hydrogen) atoms. The molecule has 0 radical (unpaired) electrons. The Morgan fingerprint density at radius 1 is 0.456 bits per heavy atom. The second-order valence-electron chi connectivity index (χ2n) is 14.4. The minimum atomic E-state index is -4.64. The first-order valence-electron chi connectivity index (χ1n) is 18.7. The van der Waals surface area contributed by atoms with Crippen LogP contribution in [-0.4, -0.2) is 9.13 Å². The van der Waals surface area contributed by atoms with Crippen LogP contribution in [-0.2, 0) is 6.18 Å². The summed E-state index contributed by atoms with van der Waals surface area (Å²) in [6, 6.07) is 58.9. The number of halogens is 3. The first-order chi connectivity index (χ1) is 27.8. The summed E-state index contributed by atoms with van der Waals surface area (Å²) in [4.78, 5) is 0. The van der Waals surface area contributed by atoms with E-state index in [0.717, 1.165) is 71.9 Å². The van der Waals surface area contributed by atoms with E-state index in [0.29, 0.717) is 28.1 Å². The van der Waals surface area contributed by atoms with Gasteiger partial charge in [0.1, 0.15) is 6.07 Å². The fourth-order valence-electron chi connectivity index (χ4n) is 8.58. The topological polar surface area (TPSA) is 33.6 Å². The van der Waals surface area contributed by atoms with Crippen molar-refractivity contribution < 1.29 is 13.2 Å². The van der Waals surface area contributed by atoms with E-state index in [2.05, 4.69) is 54.6 Å². The Balaban J connectivity index is 1.32. The molecule has 0 atom stereocenters. The molecular formula is C51H32F3N3. The maximum atomic E-state index is 15.1. The van der Waals surface area contributed by atoms with Crippen LogP contribution in [0.3, 0.4) is 0 Å². The van der Waals surface area contributed by atoms with Gasteiger partial charge in [0, 0.05) is 27.1 Å². The lowest BCUT2D eigenvalue weighted by molar-refractivity contribution is -0.137. The quantitative estimate of drug-likeness (QED) is 0.173. The van der Waals surface area contributed by atoms with Crippen LogP contribution < -0.4 is 0 Å². The molecule has 0 aliphatic rings. The number of aromatic nitrogens is 2. The molecule has 0 aliphatic carbocycles. The van der Waals surface area contributed by atoms with Gasteiger partial charge in [-0.25, -0.2) is 0 Å². The van der Waals surface area contributed by atoms with Gasteiger partial charge in [0.15, 0.2) is 0 Å². The highest BCUT2D eigenvalue weighted by Crippen LogP contribution is 2.46. The van der Waals surface area contributed by atoms with Gasteiger partial charge in [-0.05, 0) is 94.9 Å². The van der Waals surface area contributed by atoms with Gasteiger partial charge < -0.3 is 9.13 Å². The fourth-order valence-corrected chi connectivity index (χ4v) is 8.58. The summed E-state index contributed by atoms with van der Waals surface area (Å²) in [6.45, 7) is 1.72. The fraction of sp³-hybridized carbons (Fsp3) is 0.0392. The monoisotopic (exact) mass is 743 g/mol. The number of aryl methyl sites for hydroxylation is 1. The minimum Gasteiger partial charge on any atom is -0.309 e. The van der Waals surface area contributed by atoms with Crippen LogP contribution in [0.25, 0.3) is 88.4 Å². The summed E-state index contributed by atoms with van der Waals surface area (Å²) in [6.07, 6.45) is -4.64. The van der Waals surface area contributed by atoms with Crippen molar-refractivity contribution in [3.8, 4) is 50.8 Å². The third-order valence-corrected chi connectivity index (χ3v) is 11.1. The number of nitriles is 1. The Morgan fingerprint density at radius 2 is 0.947 bits per heavy atom. The molecule has 0 N–H and O–H groups in total. The highest BCUT2D eigenvalue weighted by Gasteiger charge is 2.35. The van der Waals surface area contributed by atoms with Gasteiger partial charge in [0.25, 0.3) is 0 Å². The van der Waals surface area contributed by atoms with E-state index in [9.17, 15) is 5.26 Å². The molecule has 0 unspecified atom stereocenters. The van der Waals surface area contributed by atoms with Crippen LogP contribution in [0.2, 0.25) is 0 Å². The molecule has 272 valence electrons. The van der Waals surface area contributed by atoms with E-state index < -0.39 is 11.7 Å². The Labute approximate surface area is 326 Å². The van der Waals surface area contributed by atoms with Crippen LogP contribution in [0, 0.1) is 18.3 Å². The van der Waals surface area contributed by atoms with Gasteiger partial charge in [-0.15, -0.1) is 0 Å². The lowest BCUT2D eigenvalue weighted by Gasteiger charge is -2.22. The normalized spacial score (nSPS) is 11.8. The van der Waals surface area contributed by atoms with Crippen molar-refractivity contribution in [1.29, 1.82) is 5.26 Å². The molecule has 0 aliphatic heterocycles. The second-order valence-corrected chi connectivity index (χ2v) is 14.4. The largest absolute Gasteiger partial charge is 0.417 e. The summed E-state index contributed by atoms with van der Waals surface area (Å²) in [5.74, 6) is 0. The molecule has 6 heteroatoms. The van der Waals surface area contributed by atoms with E-state index in [1.165, 1.54) is 6.07 Å². The first-order valence-corrected chi connectivity index (χ1v) is 18.7. The maximum absolute atomic E-state index is 15.1. The predicted molar refractivity (Wildman–Crippen MR) is 226 cm³/mol. The third-order valence-electron chi connectivity index (χ3n) is 11.1. The van der Waals surface area contributed by atoms with Crippen LogP contribution in [0.5, 0.6) is 0 Å². The summed E-state index contributed by atoms with van der Waals surface area (Å²) >= 11 is 0. The molecule has 0 saturated heterocycles. The van der Waals surface area contributed by atoms with Gasteiger partial charge >= 0.3 is 6.18 Å². The molecule has 3 nitrogen and oxygen atoms in total. The van der Waals surface area contributed by atoms with Gasteiger partial charge in [-0.1, -0.05) is 121 Å². The number of alkyl halides is 3. The number of nitrogens with zero attached hydrogens (tertiary/aromatic N) is 3. The Morgan fingerprint density at radius 3 is 1.47 bits per heavy atom. The summed E-state index contributed by atoms with van der Waals surface area (Å²) in [5.41, 5.74) is 9.04. The van der Waals surface area contributed by atoms with Crippen LogP contribution in [0.4, 0.5) is 13.2 Å². The molecule has 0 bridgehead atoms. The molecule has 10 aromatic rings. The Bertz CT molecular complexity index is 3240. The van der Waals surface area contributed by atoms with E-state index >= 15 is 13.2 Å². The van der Waals surface area contributed by atoms with Crippen LogP contribution in [0.15, 0.2) is 176 Å². The summed E-state index contributed by atoms with van der Waals surface area (Å²) < 4.78 is 49.5. The molecule has 0 spiro atoms. The third kappa shape index (κ3) is 5.50. The molecular weight excluding hydrogens is 712 g/mol. The molecule has 2 aromatic heterocycles. The van der Waals surface area contributed by atoms with E-state index in [4.69, 9.17) is 0 Å². The number of benzene rings is 8. The SMILES string of the molecule is Cc1cccc(C(F)(F)F)c1-c1cc(-n2c3ccccc3c3cc(-c4ccccc4)ccc32)c(C#N)cc1-n1c2ccccc2c2cc(-c3ccccc3)ccc21. The highest BCUT2D eigenvalue weighted by atomic mass is 19.4. The maximum Gasteiger partial charge on any atom is 0.417 e. The van der Waals surface area contributed by atoms with Crippen molar-refractivity contribution in [1.82, 2.24) is 9.13 Å². The molecule has 2 heterocycles. The number of para-hydroxylation sites is 2. The van der Waals surface area contributed by atoms with Gasteiger partial charge in [0.2, 0.25) is 0 Å². The Kier molecular flexibility index (Phi) is 7.88. The van der Waals surface area contributed by atoms with E-state index in [1.54, 1.807) is 25.1 Å². The molecule has 0 saturated carbocycles. The molecule has 0 fully saturated rings. The lowest BCUT2D eigenvalue weighted by atomic mass is 9.91. The summed E-state index contributed by atoms with van der Waals surface area (Å²) in [5, 5.41) is 14.9. The highest BCUT2D eigenvalue weighted by molar-refractivity contribution is 6.12. The molecule has 0 amide bonds. The Hall–Kier alpha value is -7.36. The van der Waals surface area contributed by atoms with E-state index in [-0.39, 0.29) is 5.56 Å². The average molecular weight is 744 g/mol. The van der Waals surface area contributed by atoms with Crippen LogP contribution in [0.1, 0.15) is 16.7 Å². The second kappa shape index (κ2) is 13.1.